The molecule has 0 atom stereocenters. The van der Waals surface area contributed by atoms with Crippen molar-refractivity contribution in [2.45, 2.75) is 6.61 Å². The number of rotatable bonds is 4. The zero-order chi connectivity index (χ0) is 15.6. The summed E-state index contributed by atoms with van der Waals surface area (Å²) < 4.78 is 29.1. The second-order valence-corrected chi connectivity index (χ2v) is 5.20. The van der Waals surface area contributed by atoms with Gasteiger partial charge in [-0.2, -0.15) is 8.78 Å². The minimum atomic E-state index is -3.05. The van der Waals surface area contributed by atoms with Gasteiger partial charge >= 0.3 is 6.61 Å². The smallest absolute Gasteiger partial charge is 0.387 e. The maximum Gasteiger partial charge on any atom is 0.387 e. The van der Waals surface area contributed by atoms with Gasteiger partial charge < -0.3 is 4.74 Å². The molecule has 0 amide bonds. The van der Waals surface area contributed by atoms with Crippen LogP contribution in [0.5, 0.6) is 5.75 Å². The lowest BCUT2D eigenvalue weighted by Gasteiger charge is -2.11. The van der Waals surface area contributed by atoms with Crippen LogP contribution in [0.1, 0.15) is 15.9 Å². The summed E-state index contributed by atoms with van der Waals surface area (Å²) in [6.07, 6.45) is 0. The van der Waals surface area contributed by atoms with E-state index in [1.54, 1.807) is 0 Å². The fraction of sp³-hybridized carbons (Fsp3) is 0.0714. The number of para-hydroxylation sites is 1. The Hall–Kier alpha value is -1.36. The standard InChI is InChI=1S/C14H7Cl3F2O2/c15-7-5-9(16)12(10(17)6-7)13(20)8-3-1-2-4-11(8)21-14(18)19/h1-6,14H. The lowest BCUT2D eigenvalue weighted by molar-refractivity contribution is -0.0501. The predicted octanol–water partition coefficient (Wildman–Crippen LogP) is 5.48. The van der Waals surface area contributed by atoms with Crippen LogP contribution in [0.2, 0.25) is 15.1 Å². The van der Waals surface area contributed by atoms with Gasteiger partial charge in [-0.15, -0.1) is 0 Å². The predicted molar refractivity (Wildman–Crippen MR) is 78.0 cm³/mol. The average Bonchev–Trinajstić information content (AvgIpc) is 2.37. The number of hydrogen-bond acceptors (Lipinski definition) is 2. The number of benzene rings is 2. The van der Waals surface area contributed by atoms with Crippen LogP contribution in [-0.4, -0.2) is 12.4 Å². The van der Waals surface area contributed by atoms with Crippen molar-refractivity contribution in [2.24, 2.45) is 0 Å². The van der Waals surface area contributed by atoms with Crippen molar-refractivity contribution in [3.63, 3.8) is 0 Å². The number of carbonyl (C=O) groups excluding carboxylic acids is 1. The van der Waals surface area contributed by atoms with Gasteiger partial charge in [0.05, 0.1) is 21.2 Å². The molecule has 21 heavy (non-hydrogen) atoms. The van der Waals surface area contributed by atoms with Crippen LogP contribution in [0, 0.1) is 0 Å². The van der Waals surface area contributed by atoms with E-state index in [0.717, 1.165) is 0 Å². The highest BCUT2D eigenvalue weighted by molar-refractivity contribution is 6.43. The quantitative estimate of drug-likeness (QED) is 0.682. The van der Waals surface area contributed by atoms with E-state index >= 15 is 0 Å². The Balaban J connectivity index is 2.51. The topological polar surface area (TPSA) is 26.3 Å². The monoisotopic (exact) mass is 350 g/mol. The second kappa shape index (κ2) is 6.60. The van der Waals surface area contributed by atoms with Gasteiger partial charge in [0.25, 0.3) is 0 Å². The lowest BCUT2D eigenvalue weighted by atomic mass is 10.0. The molecule has 2 nitrogen and oxygen atoms in total. The molecule has 2 aromatic carbocycles. The Morgan fingerprint density at radius 2 is 1.62 bits per heavy atom. The van der Waals surface area contributed by atoms with Gasteiger partial charge in [0.1, 0.15) is 5.75 Å². The lowest BCUT2D eigenvalue weighted by Crippen LogP contribution is -2.09. The third-order valence-corrected chi connectivity index (χ3v) is 3.40. The van der Waals surface area contributed by atoms with Crippen LogP contribution in [-0.2, 0) is 0 Å². The van der Waals surface area contributed by atoms with Gasteiger partial charge in [-0.25, -0.2) is 0 Å². The van der Waals surface area contributed by atoms with Crippen LogP contribution in [0.3, 0.4) is 0 Å². The Labute approximate surface area is 134 Å². The largest absolute Gasteiger partial charge is 0.434 e. The molecule has 0 bridgehead atoms. The highest BCUT2D eigenvalue weighted by Crippen LogP contribution is 2.33. The summed E-state index contributed by atoms with van der Waals surface area (Å²) in [6, 6.07) is 8.29. The molecule has 0 fully saturated rings. The Morgan fingerprint density at radius 3 is 2.19 bits per heavy atom. The van der Waals surface area contributed by atoms with Crippen LogP contribution >= 0.6 is 34.8 Å². The number of hydrogen-bond donors (Lipinski definition) is 0. The molecule has 0 unspecified atom stereocenters. The van der Waals surface area contributed by atoms with Gasteiger partial charge in [0.15, 0.2) is 5.78 Å². The van der Waals surface area contributed by atoms with Crippen LogP contribution in [0.4, 0.5) is 8.78 Å². The Bertz CT molecular complexity index is 667. The summed E-state index contributed by atoms with van der Waals surface area (Å²) in [7, 11) is 0. The second-order valence-electron chi connectivity index (χ2n) is 3.95. The summed E-state index contributed by atoms with van der Waals surface area (Å²) >= 11 is 17.7. The molecule has 0 spiro atoms. The molecule has 0 aliphatic carbocycles. The molecule has 110 valence electrons. The molecule has 0 aliphatic heterocycles. The van der Waals surface area contributed by atoms with Gasteiger partial charge in [-0.3, -0.25) is 4.79 Å². The number of ketones is 1. The van der Waals surface area contributed by atoms with Crippen molar-refractivity contribution >= 4 is 40.6 Å². The summed E-state index contributed by atoms with van der Waals surface area (Å²) in [6.45, 7) is -3.05. The highest BCUT2D eigenvalue weighted by Gasteiger charge is 2.22. The zero-order valence-electron chi connectivity index (χ0n) is 10.2. The summed E-state index contributed by atoms with van der Waals surface area (Å²) in [5, 5.41) is 0.326. The minimum Gasteiger partial charge on any atom is -0.434 e. The summed E-state index contributed by atoms with van der Waals surface area (Å²) in [5.74, 6) is -0.877. The van der Waals surface area contributed by atoms with E-state index in [4.69, 9.17) is 34.8 Å². The van der Waals surface area contributed by atoms with Crippen LogP contribution in [0.15, 0.2) is 36.4 Å². The van der Waals surface area contributed by atoms with Crippen LogP contribution < -0.4 is 4.74 Å². The van der Waals surface area contributed by atoms with Crippen molar-refractivity contribution in [1.29, 1.82) is 0 Å². The fourth-order valence-corrected chi connectivity index (χ4v) is 2.74. The number of carbonyl (C=O) groups is 1. The average molecular weight is 352 g/mol. The maximum absolute atomic E-state index is 12.5. The molecule has 0 saturated carbocycles. The Morgan fingerprint density at radius 1 is 1.05 bits per heavy atom. The first-order valence-corrected chi connectivity index (χ1v) is 6.76. The van der Waals surface area contributed by atoms with Crippen molar-refractivity contribution in [1.82, 2.24) is 0 Å². The molecular weight excluding hydrogens is 345 g/mol. The molecule has 2 aromatic rings. The van der Waals surface area contributed by atoms with Gasteiger partial charge in [-0.05, 0) is 24.3 Å². The molecular formula is C14H7Cl3F2O2. The van der Waals surface area contributed by atoms with E-state index in [1.165, 1.54) is 36.4 Å². The third-order valence-electron chi connectivity index (χ3n) is 2.58. The first kappa shape index (κ1) is 16.0. The molecule has 0 aromatic heterocycles. The molecule has 0 N–H and O–H groups in total. The maximum atomic E-state index is 12.5. The van der Waals surface area contributed by atoms with E-state index in [-0.39, 0.29) is 31.9 Å². The van der Waals surface area contributed by atoms with E-state index < -0.39 is 12.4 Å². The first-order valence-electron chi connectivity index (χ1n) is 5.63. The van der Waals surface area contributed by atoms with Crippen molar-refractivity contribution in [3.05, 3.63) is 62.6 Å². The van der Waals surface area contributed by atoms with Gasteiger partial charge in [0, 0.05) is 5.02 Å². The number of ether oxygens (including phenoxy) is 1. The van der Waals surface area contributed by atoms with Gasteiger partial charge in [-0.1, -0.05) is 46.9 Å². The zero-order valence-corrected chi connectivity index (χ0v) is 12.5. The minimum absolute atomic E-state index is 0.0203. The molecule has 2 rings (SSSR count). The molecule has 7 heteroatoms. The third kappa shape index (κ3) is 3.64. The SMILES string of the molecule is O=C(c1ccccc1OC(F)F)c1c(Cl)cc(Cl)cc1Cl. The van der Waals surface area contributed by atoms with E-state index in [1.807, 2.05) is 0 Å². The number of halogens is 5. The molecule has 0 saturated heterocycles. The molecule has 0 aliphatic rings. The summed E-state index contributed by atoms with van der Waals surface area (Å²) in [5.41, 5.74) is -0.0861. The van der Waals surface area contributed by atoms with E-state index in [9.17, 15) is 13.6 Å². The van der Waals surface area contributed by atoms with Crippen molar-refractivity contribution in [3.8, 4) is 5.75 Å². The fourth-order valence-electron chi connectivity index (χ4n) is 1.75. The van der Waals surface area contributed by atoms with Crippen molar-refractivity contribution in [2.75, 3.05) is 0 Å². The highest BCUT2D eigenvalue weighted by atomic mass is 35.5. The molecule has 0 heterocycles. The van der Waals surface area contributed by atoms with E-state index in [0.29, 0.717) is 0 Å². The van der Waals surface area contributed by atoms with Gasteiger partial charge in [0.2, 0.25) is 0 Å². The summed E-state index contributed by atoms with van der Waals surface area (Å²) in [4.78, 5) is 12.5. The number of alkyl halides is 2. The van der Waals surface area contributed by atoms with Crippen LogP contribution in [0.25, 0.3) is 0 Å². The van der Waals surface area contributed by atoms with Crippen molar-refractivity contribution < 1.29 is 18.3 Å². The van der Waals surface area contributed by atoms with E-state index in [2.05, 4.69) is 4.74 Å². The Kier molecular flexibility index (Phi) is 5.04. The normalized spacial score (nSPS) is 10.8. The first-order chi connectivity index (χ1) is 9.90. The molecule has 0 radical (unpaired) electrons.